The number of aromatic nitrogens is 1. The third-order valence-electron chi connectivity index (χ3n) is 2.32. The van der Waals surface area contributed by atoms with Crippen LogP contribution in [-0.4, -0.2) is 29.3 Å². The number of nitrogens with one attached hydrogen (secondary N) is 1. The highest BCUT2D eigenvalue weighted by Gasteiger charge is 2.16. The molecule has 14 heavy (non-hydrogen) atoms. The average Bonchev–Trinajstić information content (AvgIpc) is 2.23. The van der Waals surface area contributed by atoms with Crippen LogP contribution in [0.2, 0.25) is 0 Å². The normalized spacial score (nSPS) is 18.0. The van der Waals surface area contributed by atoms with Crippen molar-refractivity contribution in [3.63, 3.8) is 0 Å². The summed E-state index contributed by atoms with van der Waals surface area (Å²) in [6.45, 7) is 1.94. The number of aromatic hydroxyl groups is 1. The first kappa shape index (κ1) is 9.27. The average molecular weight is 194 g/mol. The number of rotatable bonds is 2. The molecule has 0 aromatic carbocycles. The van der Waals surface area contributed by atoms with Crippen LogP contribution in [0.15, 0.2) is 18.3 Å². The maximum atomic E-state index is 9.44. The predicted molar refractivity (Wildman–Crippen MR) is 52.4 cm³/mol. The molecule has 2 N–H and O–H groups in total. The van der Waals surface area contributed by atoms with Gasteiger partial charge in [0.1, 0.15) is 6.10 Å². The molecule has 0 unspecified atom stereocenters. The van der Waals surface area contributed by atoms with Crippen LogP contribution in [0.3, 0.4) is 0 Å². The molecular formula is C10H14N2O2. The summed E-state index contributed by atoms with van der Waals surface area (Å²) in [6.07, 6.45) is 3.74. The topological polar surface area (TPSA) is 54.4 Å². The van der Waals surface area contributed by atoms with E-state index in [2.05, 4.69) is 10.3 Å². The van der Waals surface area contributed by atoms with Crippen LogP contribution in [-0.2, 0) is 0 Å². The van der Waals surface area contributed by atoms with Gasteiger partial charge in [-0.25, -0.2) is 4.98 Å². The third-order valence-corrected chi connectivity index (χ3v) is 2.32. The van der Waals surface area contributed by atoms with Crippen LogP contribution in [0, 0.1) is 0 Å². The van der Waals surface area contributed by atoms with Crippen LogP contribution < -0.4 is 10.1 Å². The second kappa shape index (κ2) is 4.28. The summed E-state index contributed by atoms with van der Waals surface area (Å²) >= 11 is 0. The van der Waals surface area contributed by atoms with Gasteiger partial charge in [0.15, 0.2) is 5.75 Å². The highest BCUT2D eigenvalue weighted by atomic mass is 16.5. The van der Waals surface area contributed by atoms with Crippen LogP contribution in [0.1, 0.15) is 12.8 Å². The Balaban J connectivity index is 1.99. The van der Waals surface area contributed by atoms with Gasteiger partial charge in [-0.05, 0) is 38.1 Å². The van der Waals surface area contributed by atoms with Gasteiger partial charge < -0.3 is 15.2 Å². The Kier molecular flexibility index (Phi) is 2.84. The number of piperidine rings is 1. The highest BCUT2D eigenvalue weighted by Crippen LogP contribution is 2.23. The highest BCUT2D eigenvalue weighted by molar-refractivity contribution is 5.30. The van der Waals surface area contributed by atoms with Gasteiger partial charge in [-0.3, -0.25) is 0 Å². The van der Waals surface area contributed by atoms with Crippen molar-refractivity contribution in [1.29, 1.82) is 0 Å². The first-order valence-corrected chi connectivity index (χ1v) is 4.87. The van der Waals surface area contributed by atoms with Crippen molar-refractivity contribution >= 4 is 0 Å². The van der Waals surface area contributed by atoms with Gasteiger partial charge in [0.05, 0.1) is 0 Å². The van der Waals surface area contributed by atoms with Crippen molar-refractivity contribution in [2.24, 2.45) is 0 Å². The molecule has 0 atom stereocenters. The Labute approximate surface area is 82.9 Å². The van der Waals surface area contributed by atoms with Gasteiger partial charge in [0.2, 0.25) is 0 Å². The molecule has 4 nitrogen and oxygen atoms in total. The molecule has 0 aliphatic carbocycles. The number of ether oxygens (including phenoxy) is 1. The summed E-state index contributed by atoms with van der Waals surface area (Å²) in [4.78, 5) is 3.98. The van der Waals surface area contributed by atoms with Gasteiger partial charge >= 0.3 is 0 Å². The Morgan fingerprint density at radius 3 is 2.93 bits per heavy atom. The minimum Gasteiger partial charge on any atom is -0.503 e. The first-order valence-electron chi connectivity index (χ1n) is 4.87. The van der Waals surface area contributed by atoms with E-state index in [-0.39, 0.29) is 11.9 Å². The first-order chi connectivity index (χ1) is 6.86. The summed E-state index contributed by atoms with van der Waals surface area (Å²) in [5.74, 6) is 0.463. The lowest BCUT2D eigenvalue weighted by molar-refractivity contribution is 0.150. The van der Waals surface area contributed by atoms with Gasteiger partial charge in [-0.2, -0.15) is 0 Å². The second-order valence-electron chi connectivity index (χ2n) is 3.39. The lowest BCUT2D eigenvalue weighted by Gasteiger charge is -2.23. The van der Waals surface area contributed by atoms with E-state index in [9.17, 15) is 5.11 Å². The third kappa shape index (κ3) is 2.14. The Bertz CT molecular complexity index is 298. The van der Waals surface area contributed by atoms with Crippen molar-refractivity contribution in [2.45, 2.75) is 18.9 Å². The van der Waals surface area contributed by atoms with Crippen molar-refractivity contribution in [1.82, 2.24) is 10.3 Å². The minimum absolute atomic E-state index is 0.117. The summed E-state index contributed by atoms with van der Waals surface area (Å²) in [7, 11) is 0. The molecule has 1 aromatic rings. The molecule has 1 saturated heterocycles. The van der Waals surface area contributed by atoms with Crippen LogP contribution in [0.25, 0.3) is 0 Å². The zero-order valence-electron chi connectivity index (χ0n) is 7.94. The monoisotopic (exact) mass is 194 g/mol. The largest absolute Gasteiger partial charge is 0.503 e. The van der Waals surface area contributed by atoms with E-state index in [4.69, 9.17) is 4.74 Å². The molecule has 2 heterocycles. The summed E-state index contributed by atoms with van der Waals surface area (Å²) in [5, 5.41) is 12.7. The molecule has 4 heteroatoms. The molecule has 76 valence electrons. The fourth-order valence-electron chi connectivity index (χ4n) is 1.54. The van der Waals surface area contributed by atoms with Crippen molar-refractivity contribution in [2.75, 3.05) is 13.1 Å². The van der Waals surface area contributed by atoms with E-state index in [1.165, 1.54) is 0 Å². The molecule has 2 rings (SSSR count). The molecule has 0 bridgehead atoms. The molecule has 1 fully saturated rings. The fourth-order valence-corrected chi connectivity index (χ4v) is 1.54. The lowest BCUT2D eigenvalue weighted by atomic mass is 10.1. The maximum Gasteiger partial charge on any atom is 0.257 e. The van der Waals surface area contributed by atoms with Crippen LogP contribution in [0.4, 0.5) is 0 Å². The molecule has 0 amide bonds. The number of pyridine rings is 1. The van der Waals surface area contributed by atoms with Gasteiger partial charge in [-0.1, -0.05) is 0 Å². The van der Waals surface area contributed by atoms with E-state index >= 15 is 0 Å². The molecule has 1 aromatic heterocycles. The maximum absolute atomic E-state index is 9.44. The summed E-state index contributed by atoms with van der Waals surface area (Å²) in [6, 6.07) is 3.27. The number of nitrogens with zero attached hydrogens (tertiary/aromatic N) is 1. The lowest BCUT2D eigenvalue weighted by Crippen LogP contribution is -2.34. The standard InChI is InChI=1S/C10H14N2O2/c13-9-2-1-5-12-10(9)14-8-3-6-11-7-4-8/h1-2,5,8,11,13H,3-4,6-7H2. The van der Waals surface area contributed by atoms with E-state index in [0.29, 0.717) is 5.88 Å². The van der Waals surface area contributed by atoms with Crippen molar-refractivity contribution < 1.29 is 9.84 Å². The molecule has 1 aliphatic rings. The van der Waals surface area contributed by atoms with Crippen LogP contribution >= 0.6 is 0 Å². The Morgan fingerprint density at radius 2 is 2.21 bits per heavy atom. The van der Waals surface area contributed by atoms with E-state index < -0.39 is 0 Å². The number of hydrogen-bond donors (Lipinski definition) is 2. The van der Waals surface area contributed by atoms with Crippen molar-refractivity contribution in [3.8, 4) is 11.6 Å². The zero-order chi connectivity index (χ0) is 9.80. The molecule has 0 spiro atoms. The molecule has 0 radical (unpaired) electrons. The van der Waals surface area contributed by atoms with Gasteiger partial charge in [0, 0.05) is 6.20 Å². The van der Waals surface area contributed by atoms with Gasteiger partial charge in [-0.15, -0.1) is 0 Å². The quantitative estimate of drug-likeness (QED) is 0.735. The van der Waals surface area contributed by atoms with E-state index in [1.807, 2.05) is 0 Å². The van der Waals surface area contributed by atoms with E-state index in [0.717, 1.165) is 25.9 Å². The minimum atomic E-state index is 0.117. The molecule has 0 saturated carbocycles. The zero-order valence-corrected chi connectivity index (χ0v) is 7.94. The van der Waals surface area contributed by atoms with Crippen LogP contribution in [0.5, 0.6) is 11.6 Å². The SMILES string of the molecule is Oc1cccnc1OC1CCNCC1. The Hall–Kier alpha value is -1.29. The number of hydrogen-bond acceptors (Lipinski definition) is 4. The second-order valence-corrected chi connectivity index (χ2v) is 3.39. The Morgan fingerprint density at radius 1 is 1.43 bits per heavy atom. The van der Waals surface area contributed by atoms with Crippen molar-refractivity contribution in [3.05, 3.63) is 18.3 Å². The smallest absolute Gasteiger partial charge is 0.257 e. The molecular weight excluding hydrogens is 180 g/mol. The van der Waals surface area contributed by atoms with Gasteiger partial charge in [0.25, 0.3) is 5.88 Å². The fraction of sp³-hybridized carbons (Fsp3) is 0.500. The summed E-state index contributed by atoms with van der Waals surface area (Å²) < 4.78 is 5.58. The predicted octanol–water partition coefficient (Wildman–Crippen LogP) is 0.918. The summed E-state index contributed by atoms with van der Waals surface area (Å²) in [5.41, 5.74) is 0. The molecule has 1 aliphatic heterocycles. The van der Waals surface area contributed by atoms with E-state index in [1.54, 1.807) is 18.3 Å².